The molecule has 0 amide bonds. The van der Waals surface area contributed by atoms with E-state index in [1.807, 2.05) is 0 Å². The number of hydrogen-bond donors (Lipinski definition) is 1. The summed E-state index contributed by atoms with van der Waals surface area (Å²) >= 11 is 0. The van der Waals surface area contributed by atoms with Crippen molar-refractivity contribution in [3.05, 3.63) is 0 Å². The van der Waals surface area contributed by atoms with Crippen molar-refractivity contribution in [3.63, 3.8) is 0 Å². The molecule has 0 bridgehead atoms. The molecule has 0 aliphatic heterocycles. The number of rotatable bonds is 3. The molecular weight excluding hydrogens is 110 g/mol. The van der Waals surface area contributed by atoms with E-state index in [4.69, 9.17) is 5.73 Å². The predicted octanol–water partition coefficient (Wildman–Crippen LogP) is 2.16. The van der Waals surface area contributed by atoms with Crippen molar-refractivity contribution in [2.45, 2.75) is 46.6 Å². The van der Waals surface area contributed by atoms with Gasteiger partial charge in [0.2, 0.25) is 0 Å². The van der Waals surface area contributed by atoms with Gasteiger partial charge in [-0.05, 0) is 18.8 Å². The molecule has 0 aliphatic rings. The van der Waals surface area contributed by atoms with Crippen molar-refractivity contribution in [3.8, 4) is 0 Å². The SMILES string of the molecule is CCCC(C)(C)[C@@H](C)N. The van der Waals surface area contributed by atoms with Crippen LogP contribution in [0.5, 0.6) is 0 Å². The topological polar surface area (TPSA) is 26.0 Å². The molecule has 0 aromatic carbocycles. The van der Waals surface area contributed by atoms with E-state index >= 15 is 0 Å². The summed E-state index contributed by atoms with van der Waals surface area (Å²) in [7, 11) is 0. The largest absolute Gasteiger partial charge is 0.327 e. The van der Waals surface area contributed by atoms with Crippen LogP contribution in [0.3, 0.4) is 0 Å². The van der Waals surface area contributed by atoms with Gasteiger partial charge in [0.25, 0.3) is 0 Å². The molecule has 56 valence electrons. The van der Waals surface area contributed by atoms with Gasteiger partial charge in [-0.2, -0.15) is 0 Å². The molecular formula is C8H19N. The zero-order valence-corrected chi connectivity index (χ0v) is 7.07. The van der Waals surface area contributed by atoms with Crippen molar-refractivity contribution < 1.29 is 0 Å². The lowest BCUT2D eigenvalue weighted by Gasteiger charge is -2.28. The van der Waals surface area contributed by atoms with Gasteiger partial charge >= 0.3 is 0 Å². The van der Waals surface area contributed by atoms with Crippen LogP contribution < -0.4 is 5.73 Å². The summed E-state index contributed by atoms with van der Waals surface area (Å²) in [6, 6.07) is 0.317. The molecule has 9 heavy (non-hydrogen) atoms. The van der Waals surface area contributed by atoms with E-state index in [2.05, 4.69) is 27.7 Å². The van der Waals surface area contributed by atoms with E-state index in [1.165, 1.54) is 12.8 Å². The van der Waals surface area contributed by atoms with Crippen molar-refractivity contribution in [2.75, 3.05) is 0 Å². The Hall–Kier alpha value is -0.0400. The molecule has 0 aromatic rings. The molecule has 1 atom stereocenters. The molecule has 0 heterocycles. The van der Waals surface area contributed by atoms with Crippen molar-refractivity contribution in [1.82, 2.24) is 0 Å². The molecule has 0 rings (SSSR count). The fraction of sp³-hybridized carbons (Fsp3) is 1.00. The van der Waals surface area contributed by atoms with E-state index < -0.39 is 0 Å². The molecule has 0 fully saturated rings. The Morgan fingerprint density at radius 3 is 2.00 bits per heavy atom. The lowest BCUT2D eigenvalue weighted by Crippen LogP contribution is -2.34. The Bertz CT molecular complexity index is 74.6. The lowest BCUT2D eigenvalue weighted by molar-refractivity contribution is 0.274. The first-order chi connectivity index (χ1) is 4.00. The second kappa shape index (κ2) is 3.21. The summed E-state index contributed by atoms with van der Waals surface area (Å²) in [5.74, 6) is 0. The maximum atomic E-state index is 5.76. The van der Waals surface area contributed by atoms with Crippen LogP contribution in [-0.4, -0.2) is 6.04 Å². The third-order valence-corrected chi connectivity index (χ3v) is 2.13. The van der Waals surface area contributed by atoms with Crippen LogP contribution >= 0.6 is 0 Å². The van der Waals surface area contributed by atoms with Gasteiger partial charge in [0.1, 0.15) is 0 Å². The van der Waals surface area contributed by atoms with Crippen molar-refractivity contribution >= 4 is 0 Å². The normalized spacial score (nSPS) is 15.7. The van der Waals surface area contributed by atoms with E-state index in [1.54, 1.807) is 0 Å². The van der Waals surface area contributed by atoms with Crippen molar-refractivity contribution in [2.24, 2.45) is 11.1 Å². The van der Waals surface area contributed by atoms with Gasteiger partial charge in [-0.3, -0.25) is 0 Å². The molecule has 0 aromatic heterocycles. The second-order valence-corrected chi connectivity index (χ2v) is 3.53. The van der Waals surface area contributed by atoms with E-state index in [-0.39, 0.29) is 0 Å². The molecule has 0 unspecified atom stereocenters. The van der Waals surface area contributed by atoms with E-state index in [9.17, 15) is 0 Å². The first kappa shape index (κ1) is 8.96. The fourth-order valence-corrected chi connectivity index (χ4v) is 0.872. The first-order valence-corrected chi connectivity index (χ1v) is 3.76. The van der Waals surface area contributed by atoms with E-state index in [0.717, 1.165) is 0 Å². The highest BCUT2D eigenvalue weighted by Crippen LogP contribution is 2.24. The average molecular weight is 129 g/mol. The van der Waals surface area contributed by atoms with Crippen LogP contribution in [-0.2, 0) is 0 Å². The van der Waals surface area contributed by atoms with E-state index in [0.29, 0.717) is 11.5 Å². The Balaban J connectivity index is 3.70. The summed E-state index contributed by atoms with van der Waals surface area (Å²) in [4.78, 5) is 0. The van der Waals surface area contributed by atoms with Gasteiger partial charge in [0.15, 0.2) is 0 Å². The predicted molar refractivity (Wildman–Crippen MR) is 42.3 cm³/mol. The van der Waals surface area contributed by atoms with Gasteiger partial charge in [-0.1, -0.05) is 27.2 Å². The molecule has 1 heteroatoms. The summed E-state index contributed by atoms with van der Waals surface area (Å²) < 4.78 is 0. The average Bonchev–Trinajstić information content (AvgIpc) is 1.65. The third kappa shape index (κ3) is 2.85. The molecule has 0 aliphatic carbocycles. The lowest BCUT2D eigenvalue weighted by atomic mass is 9.82. The first-order valence-electron chi connectivity index (χ1n) is 3.76. The minimum atomic E-state index is 0.317. The second-order valence-electron chi connectivity index (χ2n) is 3.53. The van der Waals surface area contributed by atoms with Crippen LogP contribution in [0.15, 0.2) is 0 Å². The highest BCUT2D eigenvalue weighted by Gasteiger charge is 2.20. The zero-order chi connectivity index (χ0) is 7.49. The molecule has 2 N–H and O–H groups in total. The zero-order valence-electron chi connectivity index (χ0n) is 7.07. The minimum Gasteiger partial charge on any atom is -0.327 e. The Labute approximate surface area is 58.6 Å². The van der Waals surface area contributed by atoms with Crippen LogP contribution in [0.2, 0.25) is 0 Å². The monoisotopic (exact) mass is 129 g/mol. The fourth-order valence-electron chi connectivity index (χ4n) is 0.872. The van der Waals surface area contributed by atoms with Crippen LogP contribution in [0.1, 0.15) is 40.5 Å². The van der Waals surface area contributed by atoms with Crippen LogP contribution in [0, 0.1) is 5.41 Å². The van der Waals surface area contributed by atoms with Crippen molar-refractivity contribution in [1.29, 1.82) is 0 Å². The Kier molecular flexibility index (Phi) is 3.20. The van der Waals surface area contributed by atoms with Crippen LogP contribution in [0.25, 0.3) is 0 Å². The molecule has 0 radical (unpaired) electrons. The van der Waals surface area contributed by atoms with Gasteiger partial charge in [-0.15, -0.1) is 0 Å². The maximum absolute atomic E-state index is 5.76. The summed E-state index contributed by atoms with van der Waals surface area (Å²) in [5, 5.41) is 0. The van der Waals surface area contributed by atoms with Gasteiger partial charge < -0.3 is 5.73 Å². The summed E-state index contributed by atoms with van der Waals surface area (Å²) in [5.41, 5.74) is 6.08. The Morgan fingerprint density at radius 1 is 1.44 bits per heavy atom. The van der Waals surface area contributed by atoms with Crippen LogP contribution in [0.4, 0.5) is 0 Å². The molecule has 0 saturated carbocycles. The highest BCUT2D eigenvalue weighted by atomic mass is 14.7. The molecule has 1 nitrogen and oxygen atoms in total. The third-order valence-electron chi connectivity index (χ3n) is 2.13. The molecule has 0 saturated heterocycles. The smallest absolute Gasteiger partial charge is 0.00617 e. The standard InChI is InChI=1S/C8H19N/c1-5-6-8(3,4)7(2)9/h7H,5-6,9H2,1-4H3/t7-/m1/s1. The molecule has 0 spiro atoms. The quantitative estimate of drug-likeness (QED) is 0.621. The maximum Gasteiger partial charge on any atom is 0.00617 e. The Morgan fingerprint density at radius 2 is 1.89 bits per heavy atom. The number of hydrogen-bond acceptors (Lipinski definition) is 1. The minimum absolute atomic E-state index is 0.317. The van der Waals surface area contributed by atoms with Gasteiger partial charge in [-0.25, -0.2) is 0 Å². The highest BCUT2D eigenvalue weighted by molar-refractivity contribution is 4.76. The van der Waals surface area contributed by atoms with Gasteiger partial charge in [0.05, 0.1) is 0 Å². The van der Waals surface area contributed by atoms with Gasteiger partial charge in [0, 0.05) is 6.04 Å². The number of nitrogens with two attached hydrogens (primary N) is 1. The summed E-state index contributed by atoms with van der Waals surface area (Å²) in [6.45, 7) is 8.72. The summed E-state index contributed by atoms with van der Waals surface area (Å²) in [6.07, 6.45) is 2.46.